The van der Waals surface area contributed by atoms with Crippen LogP contribution in [0.2, 0.25) is 5.02 Å². The van der Waals surface area contributed by atoms with Crippen molar-refractivity contribution in [2.45, 2.75) is 27.2 Å². The van der Waals surface area contributed by atoms with Crippen LogP contribution in [0.1, 0.15) is 29.9 Å². The second-order valence-electron chi connectivity index (χ2n) is 5.10. The Morgan fingerprint density at radius 1 is 1.43 bits per heavy atom. The predicted octanol–water partition coefficient (Wildman–Crippen LogP) is 4.60. The first-order valence-electron chi connectivity index (χ1n) is 6.59. The molecule has 0 atom stereocenters. The number of anilines is 1. The Hall–Kier alpha value is -1.65. The molecule has 0 unspecified atom stereocenters. The Labute approximate surface area is 133 Å². The van der Waals surface area contributed by atoms with Gasteiger partial charge in [-0.2, -0.15) is 0 Å². The molecular weight excluding hydrogens is 304 g/mol. The van der Waals surface area contributed by atoms with Gasteiger partial charge in [-0.05, 0) is 38.0 Å². The second-order valence-corrected chi connectivity index (χ2v) is 6.63. The Morgan fingerprint density at radius 2 is 2.19 bits per heavy atom. The Balaban J connectivity index is 2.04. The molecule has 0 radical (unpaired) electrons. The molecule has 5 heteroatoms. The van der Waals surface area contributed by atoms with Gasteiger partial charge < -0.3 is 0 Å². The van der Waals surface area contributed by atoms with Gasteiger partial charge in [-0.1, -0.05) is 29.3 Å². The summed E-state index contributed by atoms with van der Waals surface area (Å²) in [5, 5.41) is 4.15. The lowest BCUT2D eigenvalue weighted by molar-refractivity contribution is -0.111. The van der Waals surface area contributed by atoms with Crippen molar-refractivity contribution in [2.24, 2.45) is 0 Å². The van der Waals surface area contributed by atoms with Crippen LogP contribution in [0.15, 0.2) is 36.0 Å². The molecule has 2 rings (SSSR count). The van der Waals surface area contributed by atoms with E-state index in [4.69, 9.17) is 11.6 Å². The molecule has 0 aliphatic carbocycles. The van der Waals surface area contributed by atoms with E-state index in [1.807, 2.05) is 32.9 Å². The van der Waals surface area contributed by atoms with Gasteiger partial charge in [-0.3, -0.25) is 10.1 Å². The lowest BCUT2D eigenvalue weighted by Gasteiger charge is -2.02. The number of aromatic nitrogens is 1. The normalized spacial score (nSPS) is 10.3. The minimum Gasteiger partial charge on any atom is -0.298 e. The van der Waals surface area contributed by atoms with E-state index < -0.39 is 0 Å². The largest absolute Gasteiger partial charge is 0.298 e. The predicted molar refractivity (Wildman–Crippen MR) is 89.2 cm³/mol. The van der Waals surface area contributed by atoms with E-state index in [0.29, 0.717) is 5.13 Å². The van der Waals surface area contributed by atoms with Gasteiger partial charge in [-0.15, -0.1) is 11.3 Å². The fraction of sp³-hybridized carbons (Fsp3) is 0.250. The number of halogens is 1. The molecular formula is C16H17ClN2OS. The van der Waals surface area contributed by atoms with Gasteiger partial charge in [0.15, 0.2) is 5.13 Å². The molecule has 1 heterocycles. The Kier molecular flexibility index (Phi) is 5.15. The van der Waals surface area contributed by atoms with Crippen molar-refractivity contribution in [3.63, 3.8) is 0 Å². The third-order valence-corrected chi connectivity index (χ3v) is 4.14. The minimum atomic E-state index is -0.144. The highest BCUT2D eigenvalue weighted by atomic mass is 35.5. The van der Waals surface area contributed by atoms with E-state index in [2.05, 4.69) is 16.4 Å². The van der Waals surface area contributed by atoms with Gasteiger partial charge in [0.05, 0.1) is 0 Å². The zero-order valence-corrected chi connectivity index (χ0v) is 13.8. The second kappa shape index (κ2) is 6.87. The van der Waals surface area contributed by atoms with Crippen LogP contribution in [0.5, 0.6) is 0 Å². The third kappa shape index (κ3) is 4.69. The minimum absolute atomic E-state index is 0.144. The number of allylic oxidation sites excluding steroid dienone is 1. The number of carbonyl (C=O) groups is 1. The van der Waals surface area contributed by atoms with E-state index >= 15 is 0 Å². The van der Waals surface area contributed by atoms with E-state index in [9.17, 15) is 4.79 Å². The average Bonchev–Trinajstić information content (AvgIpc) is 2.80. The maximum atomic E-state index is 11.6. The highest BCUT2D eigenvalue weighted by Crippen LogP contribution is 2.23. The van der Waals surface area contributed by atoms with Crippen LogP contribution in [0.25, 0.3) is 0 Å². The fourth-order valence-corrected chi connectivity index (χ4v) is 2.85. The molecule has 1 amide bonds. The van der Waals surface area contributed by atoms with Gasteiger partial charge in [0, 0.05) is 28.6 Å². The van der Waals surface area contributed by atoms with Crippen LogP contribution in [0.4, 0.5) is 5.13 Å². The monoisotopic (exact) mass is 320 g/mol. The van der Waals surface area contributed by atoms with E-state index in [1.54, 1.807) is 12.3 Å². The molecule has 1 N–H and O–H groups in total. The molecule has 0 spiro atoms. The fourth-order valence-electron chi connectivity index (χ4n) is 1.80. The highest BCUT2D eigenvalue weighted by Gasteiger charge is 2.06. The quantitative estimate of drug-likeness (QED) is 0.836. The molecule has 0 saturated carbocycles. The van der Waals surface area contributed by atoms with E-state index in [0.717, 1.165) is 33.0 Å². The summed E-state index contributed by atoms with van der Waals surface area (Å²) < 4.78 is 0. The van der Waals surface area contributed by atoms with E-state index in [-0.39, 0.29) is 5.91 Å². The lowest BCUT2D eigenvalue weighted by atomic mass is 10.1. The number of carbonyl (C=O) groups excluding carboxylic acids is 1. The van der Waals surface area contributed by atoms with Gasteiger partial charge in [0.1, 0.15) is 0 Å². The molecule has 3 nitrogen and oxygen atoms in total. The smallest absolute Gasteiger partial charge is 0.250 e. The molecule has 0 saturated heterocycles. The summed E-state index contributed by atoms with van der Waals surface area (Å²) in [6.07, 6.45) is 4.10. The third-order valence-electron chi connectivity index (χ3n) is 2.82. The summed E-state index contributed by atoms with van der Waals surface area (Å²) in [6.45, 7) is 5.75. The van der Waals surface area contributed by atoms with Gasteiger partial charge in [-0.25, -0.2) is 4.98 Å². The zero-order valence-electron chi connectivity index (χ0n) is 12.2. The SMILES string of the molecule is CC(C)=CC(=O)Nc1ncc(Cc2ccc(C)c(Cl)c2)s1. The number of hydrogen-bond donors (Lipinski definition) is 1. The van der Waals surface area contributed by atoms with Crippen LogP contribution in [-0.4, -0.2) is 10.9 Å². The molecule has 0 aliphatic heterocycles. The number of nitrogens with zero attached hydrogens (tertiary/aromatic N) is 1. The van der Waals surface area contributed by atoms with Crippen molar-refractivity contribution < 1.29 is 4.79 Å². The van der Waals surface area contributed by atoms with Crippen molar-refractivity contribution in [3.05, 3.63) is 57.1 Å². The maximum absolute atomic E-state index is 11.6. The van der Waals surface area contributed by atoms with E-state index in [1.165, 1.54) is 11.3 Å². The van der Waals surface area contributed by atoms with Crippen molar-refractivity contribution in [1.82, 2.24) is 4.98 Å². The summed E-state index contributed by atoms with van der Waals surface area (Å²) in [6, 6.07) is 6.04. The van der Waals surface area contributed by atoms with Crippen molar-refractivity contribution in [1.29, 1.82) is 0 Å². The summed E-state index contributed by atoms with van der Waals surface area (Å²) >= 11 is 7.60. The number of hydrogen-bond acceptors (Lipinski definition) is 3. The lowest BCUT2D eigenvalue weighted by Crippen LogP contribution is -2.07. The van der Waals surface area contributed by atoms with Crippen LogP contribution in [-0.2, 0) is 11.2 Å². The summed E-state index contributed by atoms with van der Waals surface area (Å²) in [5.41, 5.74) is 3.16. The number of amides is 1. The standard InChI is InChI=1S/C16H17ClN2OS/c1-10(2)6-15(20)19-16-18-9-13(21-16)7-12-5-4-11(3)14(17)8-12/h4-6,8-9H,7H2,1-3H3,(H,18,19,20). The van der Waals surface area contributed by atoms with Crippen molar-refractivity contribution in [3.8, 4) is 0 Å². The Morgan fingerprint density at radius 3 is 2.86 bits per heavy atom. The highest BCUT2D eigenvalue weighted by molar-refractivity contribution is 7.15. The van der Waals surface area contributed by atoms with Crippen molar-refractivity contribution >= 4 is 34.0 Å². The maximum Gasteiger partial charge on any atom is 0.250 e. The molecule has 1 aromatic heterocycles. The van der Waals surface area contributed by atoms with Gasteiger partial charge in [0.25, 0.3) is 0 Å². The van der Waals surface area contributed by atoms with Crippen LogP contribution in [0, 0.1) is 6.92 Å². The number of aryl methyl sites for hydroxylation is 1. The summed E-state index contributed by atoms with van der Waals surface area (Å²) in [4.78, 5) is 16.9. The molecule has 0 aliphatic rings. The first-order valence-corrected chi connectivity index (χ1v) is 7.79. The average molecular weight is 321 g/mol. The van der Waals surface area contributed by atoms with Crippen LogP contribution in [0.3, 0.4) is 0 Å². The van der Waals surface area contributed by atoms with Crippen molar-refractivity contribution in [2.75, 3.05) is 5.32 Å². The molecule has 0 bridgehead atoms. The Bertz CT molecular complexity index is 687. The summed E-state index contributed by atoms with van der Waals surface area (Å²) in [7, 11) is 0. The molecule has 2 aromatic rings. The topological polar surface area (TPSA) is 42.0 Å². The van der Waals surface area contributed by atoms with Gasteiger partial charge in [0.2, 0.25) is 5.91 Å². The molecule has 0 fully saturated rings. The molecule has 1 aromatic carbocycles. The summed E-state index contributed by atoms with van der Waals surface area (Å²) in [5.74, 6) is -0.144. The molecule has 110 valence electrons. The van der Waals surface area contributed by atoms with Gasteiger partial charge >= 0.3 is 0 Å². The number of benzene rings is 1. The first-order chi connectivity index (χ1) is 9.94. The number of nitrogens with one attached hydrogen (secondary N) is 1. The zero-order chi connectivity index (χ0) is 15.4. The van der Waals surface area contributed by atoms with Crippen LogP contribution >= 0.6 is 22.9 Å². The number of thiazole rings is 1. The number of rotatable bonds is 4. The first kappa shape index (κ1) is 15.7. The molecule has 21 heavy (non-hydrogen) atoms. The van der Waals surface area contributed by atoms with Crippen LogP contribution < -0.4 is 5.32 Å².